The van der Waals surface area contributed by atoms with Crippen molar-refractivity contribution in [3.05, 3.63) is 24.0 Å². The first-order valence-corrected chi connectivity index (χ1v) is 4.63. The molecule has 0 atom stereocenters. The maximum atomic E-state index is 5.76. The molecule has 0 spiro atoms. The third-order valence-electron chi connectivity index (χ3n) is 2.26. The zero-order valence-corrected chi connectivity index (χ0v) is 8.55. The summed E-state index contributed by atoms with van der Waals surface area (Å²) in [4.78, 5) is 0. The van der Waals surface area contributed by atoms with E-state index < -0.39 is 5.85 Å². The SMILES string of the molecule is CNC(C)(NC)OC1=CC=CCC1. The zero-order valence-electron chi connectivity index (χ0n) is 8.55. The quantitative estimate of drug-likeness (QED) is 0.644. The van der Waals surface area contributed by atoms with Crippen molar-refractivity contribution in [2.75, 3.05) is 14.1 Å². The van der Waals surface area contributed by atoms with E-state index >= 15 is 0 Å². The molecular formula is C10H18N2O. The van der Waals surface area contributed by atoms with E-state index in [1.807, 2.05) is 33.2 Å². The van der Waals surface area contributed by atoms with Gasteiger partial charge < -0.3 is 4.74 Å². The van der Waals surface area contributed by atoms with Crippen LogP contribution in [0.3, 0.4) is 0 Å². The average molecular weight is 182 g/mol. The average Bonchev–Trinajstić information content (AvgIpc) is 2.19. The normalized spacial score (nSPS) is 17.0. The summed E-state index contributed by atoms with van der Waals surface area (Å²) in [6.07, 6.45) is 8.23. The lowest BCUT2D eigenvalue weighted by atomic mass is 10.1. The Morgan fingerprint density at radius 3 is 2.54 bits per heavy atom. The van der Waals surface area contributed by atoms with Crippen LogP contribution in [-0.4, -0.2) is 19.9 Å². The Morgan fingerprint density at radius 1 is 1.38 bits per heavy atom. The lowest BCUT2D eigenvalue weighted by Crippen LogP contribution is -2.53. The van der Waals surface area contributed by atoms with Crippen LogP contribution in [0.15, 0.2) is 24.0 Å². The van der Waals surface area contributed by atoms with E-state index in [9.17, 15) is 0 Å². The molecule has 0 saturated carbocycles. The highest BCUT2D eigenvalue weighted by molar-refractivity contribution is 5.13. The lowest BCUT2D eigenvalue weighted by molar-refractivity contribution is -0.0330. The van der Waals surface area contributed by atoms with Gasteiger partial charge in [-0.3, -0.25) is 10.6 Å². The summed E-state index contributed by atoms with van der Waals surface area (Å²) in [6.45, 7) is 1.96. The fourth-order valence-electron chi connectivity index (χ4n) is 1.15. The molecule has 0 radical (unpaired) electrons. The van der Waals surface area contributed by atoms with E-state index in [2.05, 4.69) is 16.7 Å². The van der Waals surface area contributed by atoms with Gasteiger partial charge in [0.25, 0.3) is 0 Å². The third kappa shape index (κ3) is 2.86. The first kappa shape index (κ1) is 10.3. The maximum Gasteiger partial charge on any atom is 0.213 e. The number of nitrogens with one attached hydrogen (secondary N) is 2. The van der Waals surface area contributed by atoms with E-state index in [4.69, 9.17) is 4.74 Å². The molecule has 0 aromatic rings. The summed E-state index contributed by atoms with van der Waals surface area (Å²) in [5.74, 6) is 0.561. The third-order valence-corrected chi connectivity index (χ3v) is 2.26. The van der Waals surface area contributed by atoms with E-state index in [-0.39, 0.29) is 0 Å². The molecule has 74 valence electrons. The molecule has 0 aliphatic heterocycles. The highest BCUT2D eigenvalue weighted by Gasteiger charge is 2.21. The van der Waals surface area contributed by atoms with Crippen molar-refractivity contribution in [2.24, 2.45) is 0 Å². The van der Waals surface area contributed by atoms with Gasteiger partial charge in [-0.25, -0.2) is 0 Å². The van der Waals surface area contributed by atoms with Gasteiger partial charge >= 0.3 is 0 Å². The zero-order chi connectivity index (χ0) is 9.73. The molecule has 2 N–H and O–H groups in total. The fraction of sp³-hybridized carbons (Fsp3) is 0.600. The van der Waals surface area contributed by atoms with E-state index in [1.54, 1.807) is 0 Å². The Balaban J connectivity index is 2.55. The van der Waals surface area contributed by atoms with Crippen molar-refractivity contribution in [1.82, 2.24) is 10.6 Å². The van der Waals surface area contributed by atoms with Gasteiger partial charge in [-0.05, 0) is 26.6 Å². The molecular weight excluding hydrogens is 164 g/mol. The van der Waals surface area contributed by atoms with Crippen molar-refractivity contribution in [1.29, 1.82) is 0 Å². The monoisotopic (exact) mass is 182 g/mol. The van der Waals surface area contributed by atoms with Gasteiger partial charge in [0.05, 0.1) is 0 Å². The standard InChI is InChI=1S/C10H18N2O/c1-10(11-2,12-3)13-9-7-5-4-6-8-9/h4-5,7,11-12H,6,8H2,1-3H3. The largest absolute Gasteiger partial charge is 0.464 e. The van der Waals surface area contributed by atoms with Gasteiger partial charge in [0.1, 0.15) is 5.76 Å². The van der Waals surface area contributed by atoms with Crippen molar-refractivity contribution >= 4 is 0 Å². The Bertz CT molecular complexity index is 217. The van der Waals surface area contributed by atoms with Crippen molar-refractivity contribution in [3.63, 3.8) is 0 Å². The molecule has 1 aliphatic carbocycles. The fourth-order valence-corrected chi connectivity index (χ4v) is 1.15. The lowest BCUT2D eigenvalue weighted by Gasteiger charge is -2.31. The van der Waals surface area contributed by atoms with Gasteiger partial charge in [-0.15, -0.1) is 0 Å². The van der Waals surface area contributed by atoms with Crippen LogP contribution in [0.2, 0.25) is 0 Å². The van der Waals surface area contributed by atoms with Crippen LogP contribution >= 0.6 is 0 Å². The number of ether oxygens (including phenoxy) is 1. The van der Waals surface area contributed by atoms with Gasteiger partial charge in [-0.1, -0.05) is 12.2 Å². The van der Waals surface area contributed by atoms with Gasteiger partial charge in [0, 0.05) is 13.3 Å². The molecule has 0 heterocycles. The number of hydrogen-bond acceptors (Lipinski definition) is 3. The molecule has 0 aromatic heterocycles. The smallest absolute Gasteiger partial charge is 0.213 e. The van der Waals surface area contributed by atoms with Crippen LogP contribution in [-0.2, 0) is 4.74 Å². The summed E-state index contributed by atoms with van der Waals surface area (Å²) in [6, 6.07) is 0. The molecule has 1 rings (SSSR count). The Morgan fingerprint density at radius 2 is 2.08 bits per heavy atom. The van der Waals surface area contributed by atoms with Crippen LogP contribution in [0.1, 0.15) is 19.8 Å². The molecule has 0 aromatic carbocycles. The number of hydrogen-bond donors (Lipinski definition) is 2. The summed E-state index contributed by atoms with van der Waals surface area (Å²) in [5, 5.41) is 6.15. The van der Waals surface area contributed by atoms with Gasteiger partial charge in [-0.2, -0.15) is 0 Å². The summed E-state index contributed by atoms with van der Waals surface area (Å²) < 4.78 is 5.76. The van der Waals surface area contributed by atoms with Crippen LogP contribution < -0.4 is 10.6 Å². The summed E-state index contributed by atoms with van der Waals surface area (Å²) in [7, 11) is 3.74. The van der Waals surface area contributed by atoms with Crippen molar-refractivity contribution in [2.45, 2.75) is 25.6 Å². The maximum absolute atomic E-state index is 5.76. The molecule has 0 bridgehead atoms. The predicted molar refractivity (Wildman–Crippen MR) is 54.1 cm³/mol. The number of allylic oxidation sites excluding steroid dienone is 4. The second kappa shape index (κ2) is 4.44. The Labute approximate surface area is 79.9 Å². The second-order valence-corrected chi connectivity index (χ2v) is 3.24. The number of rotatable bonds is 4. The second-order valence-electron chi connectivity index (χ2n) is 3.24. The highest BCUT2D eigenvalue weighted by atomic mass is 16.5. The van der Waals surface area contributed by atoms with Crippen LogP contribution in [0.25, 0.3) is 0 Å². The minimum atomic E-state index is -0.461. The van der Waals surface area contributed by atoms with Crippen molar-refractivity contribution < 1.29 is 4.74 Å². The summed E-state index contributed by atoms with van der Waals surface area (Å²) >= 11 is 0. The Hall–Kier alpha value is -0.800. The molecule has 0 saturated heterocycles. The molecule has 13 heavy (non-hydrogen) atoms. The minimum Gasteiger partial charge on any atom is -0.464 e. The van der Waals surface area contributed by atoms with Crippen molar-refractivity contribution in [3.8, 4) is 0 Å². The highest BCUT2D eigenvalue weighted by Crippen LogP contribution is 2.17. The van der Waals surface area contributed by atoms with Crippen LogP contribution in [0.5, 0.6) is 0 Å². The molecule has 3 nitrogen and oxygen atoms in total. The Kier molecular flexibility index (Phi) is 3.51. The summed E-state index contributed by atoms with van der Waals surface area (Å²) in [5.41, 5.74) is 0. The first-order valence-electron chi connectivity index (χ1n) is 4.63. The molecule has 0 amide bonds. The van der Waals surface area contributed by atoms with E-state index in [1.165, 1.54) is 0 Å². The molecule has 0 fully saturated rings. The topological polar surface area (TPSA) is 33.3 Å². The van der Waals surface area contributed by atoms with E-state index in [0.717, 1.165) is 18.6 Å². The predicted octanol–water partition coefficient (Wildman–Crippen LogP) is 1.35. The minimum absolute atomic E-state index is 0.461. The molecule has 0 unspecified atom stereocenters. The first-order chi connectivity index (χ1) is 6.20. The van der Waals surface area contributed by atoms with E-state index in [0.29, 0.717) is 0 Å². The van der Waals surface area contributed by atoms with Gasteiger partial charge in [0.15, 0.2) is 0 Å². The molecule has 3 heteroatoms. The van der Waals surface area contributed by atoms with Crippen LogP contribution in [0.4, 0.5) is 0 Å². The van der Waals surface area contributed by atoms with Gasteiger partial charge in [0.2, 0.25) is 5.85 Å². The molecule has 1 aliphatic rings. The van der Waals surface area contributed by atoms with Crippen LogP contribution in [0, 0.1) is 0 Å².